The summed E-state index contributed by atoms with van der Waals surface area (Å²) >= 11 is 0. The third-order valence-corrected chi connectivity index (χ3v) is 10.4. The van der Waals surface area contributed by atoms with Gasteiger partial charge in [-0.1, -0.05) is 62.8 Å². The van der Waals surface area contributed by atoms with Crippen LogP contribution in [0.15, 0.2) is 55.1 Å². The first-order valence-electron chi connectivity index (χ1n) is 11.3. The van der Waals surface area contributed by atoms with E-state index in [0.29, 0.717) is 19.6 Å². The van der Waals surface area contributed by atoms with Gasteiger partial charge in [0.25, 0.3) is 0 Å². The molecule has 0 aliphatic heterocycles. The average Bonchev–Trinajstić information content (AvgIpc) is 2.68. The number of benzene rings is 1. The van der Waals surface area contributed by atoms with E-state index in [0.717, 1.165) is 24.0 Å². The minimum absolute atomic E-state index is 0.0787. The molecule has 1 aromatic rings. The van der Waals surface area contributed by atoms with Crippen molar-refractivity contribution in [1.29, 1.82) is 0 Å². The number of allylic oxidation sites excluding steroid dienone is 1. The SMILES string of the molecule is C=CCC[C@@H](O[Si](C)(C)C(C)(C)C)[C@@H](CO)O[C@@H](COCc1ccccc1)CC(=C)C. The van der Waals surface area contributed by atoms with Crippen molar-refractivity contribution in [2.24, 2.45) is 0 Å². The first kappa shape index (κ1) is 27.8. The van der Waals surface area contributed by atoms with Gasteiger partial charge >= 0.3 is 0 Å². The average molecular weight is 449 g/mol. The van der Waals surface area contributed by atoms with Crippen LogP contribution in [-0.4, -0.2) is 44.9 Å². The number of hydrogen-bond acceptors (Lipinski definition) is 4. The van der Waals surface area contributed by atoms with Crippen molar-refractivity contribution < 1.29 is 19.0 Å². The summed E-state index contributed by atoms with van der Waals surface area (Å²) < 4.78 is 19.0. The van der Waals surface area contributed by atoms with Crippen LogP contribution in [0.2, 0.25) is 18.1 Å². The molecule has 0 heterocycles. The summed E-state index contributed by atoms with van der Waals surface area (Å²) in [6.07, 6.45) is 3.36. The largest absolute Gasteiger partial charge is 0.411 e. The van der Waals surface area contributed by atoms with Gasteiger partial charge in [-0.25, -0.2) is 0 Å². The molecule has 3 atom stereocenters. The van der Waals surface area contributed by atoms with Gasteiger partial charge in [0.2, 0.25) is 0 Å². The van der Waals surface area contributed by atoms with Crippen LogP contribution in [-0.2, 0) is 20.5 Å². The van der Waals surface area contributed by atoms with E-state index < -0.39 is 14.4 Å². The molecule has 0 aromatic heterocycles. The van der Waals surface area contributed by atoms with E-state index in [-0.39, 0.29) is 23.9 Å². The fourth-order valence-corrected chi connectivity index (χ4v) is 4.45. The van der Waals surface area contributed by atoms with E-state index in [1.807, 2.05) is 43.3 Å². The summed E-state index contributed by atoms with van der Waals surface area (Å²) in [5.74, 6) is 0. The van der Waals surface area contributed by atoms with E-state index in [2.05, 4.69) is 47.0 Å². The van der Waals surface area contributed by atoms with Crippen molar-refractivity contribution in [3.63, 3.8) is 0 Å². The van der Waals surface area contributed by atoms with Gasteiger partial charge in [0.05, 0.1) is 32.0 Å². The Bertz CT molecular complexity index is 651. The monoisotopic (exact) mass is 448 g/mol. The van der Waals surface area contributed by atoms with Crippen LogP contribution in [0.1, 0.15) is 52.5 Å². The summed E-state index contributed by atoms with van der Waals surface area (Å²) in [6.45, 7) is 21.9. The van der Waals surface area contributed by atoms with Gasteiger partial charge in [0.15, 0.2) is 8.32 Å². The number of aliphatic hydroxyl groups is 1. The zero-order chi connectivity index (χ0) is 23.5. The van der Waals surface area contributed by atoms with Gasteiger partial charge in [-0.05, 0) is 49.9 Å². The molecule has 0 unspecified atom stereocenters. The van der Waals surface area contributed by atoms with Gasteiger partial charge in [0, 0.05) is 0 Å². The molecule has 0 radical (unpaired) electrons. The second kappa shape index (κ2) is 13.3. The number of hydrogen-bond donors (Lipinski definition) is 1. The van der Waals surface area contributed by atoms with E-state index in [1.54, 1.807) is 0 Å². The molecule has 0 saturated carbocycles. The van der Waals surface area contributed by atoms with Crippen LogP contribution < -0.4 is 0 Å². The Morgan fingerprint density at radius 1 is 1.16 bits per heavy atom. The van der Waals surface area contributed by atoms with Crippen molar-refractivity contribution in [2.75, 3.05) is 13.2 Å². The number of rotatable bonds is 15. The van der Waals surface area contributed by atoms with Gasteiger partial charge in [-0.2, -0.15) is 0 Å². The molecule has 1 N–H and O–H groups in total. The minimum atomic E-state index is -2.02. The predicted molar refractivity (Wildman–Crippen MR) is 133 cm³/mol. The second-order valence-electron chi connectivity index (χ2n) is 9.92. The third kappa shape index (κ3) is 10.3. The molecule has 31 heavy (non-hydrogen) atoms. The lowest BCUT2D eigenvalue weighted by molar-refractivity contribution is -0.116. The number of aliphatic hydroxyl groups excluding tert-OH is 1. The fraction of sp³-hybridized carbons (Fsp3) is 0.615. The summed E-state index contributed by atoms with van der Waals surface area (Å²) in [6, 6.07) is 10.1. The molecule has 4 nitrogen and oxygen atoms in total. The molecule has 1 rings (SSSR count). The van der Waals surface area contributed by atoms with Crippen LogP contribution in [0.5, 0.6) is 0 Å². The molecule has 0 aliphatic carbocycles. The van der Waals surface area contributed by atoms with E-state index in [1.165, 1.54) is 0 Å². The topological polar surface area (TPSA) is 47.9 Å². The summed E-state index contributed by atoms with van der Waals surface area (Å²) in [4.78, 5) is 0. The molecular weight excluding hydrogens is 404 g/mol. The minimum Gasteiger partial charge on any atom is -0.411 e. The maximum atomic E-state index is 10.2. The zero-order valence-corrected chi connectivity index (χ0v) is 21.5. The molecule has 1 aromatic carbocycles. The molecule has 0 fully saturated rings. The van der Waals surface area contributed by atoms with Crippen LogP contribution in [0.3, 0.4) is 0 Å². The Labute approximate surface area is 191 Å². The highest BCUT2D eigenvalue weighted by molar-refractivity contribution is 6.74. The molecule has 0 spiro atoms. The van der Waals surface area contributed by atoms with Crippen molar-refractivity contribution in [1.82, 2.24) is 0 Å². The van der Waals surface area contributed by atoms with Gasteiger partial charge in [-0.3, -0.25) is 0 Å². The standard InChI is InChI=1S/C26H44O4Si/c1-9-10-16-24(30-31(7,8)26(4,5)6)25(18-27)29-23(17-21(2)3)20-28-19-22-14-12-11-13-15-22/h9,11-15,23-25,27H,1-2,10,16-20H2,3-8H3/t23-,24-,25-/m1/s1. The maximum absolute atomic E-state index is 10.2. The van der Waals surface area contributed by atoms with E-state index in [4.69, 9.17) is 13.9 Å². The van der Waals surface area contributed by atoms with Gasteiger partial charge < -0.3 is 19.0 Å². The van der Waals surface area contributed by atoms with Crippen LogP contribution in [0.25, 0.3) is 0 Å². The van der Waals surface area contributed by atoms with Gasteiger partial charge in [0.1, 0.15) is 6.10 Å². The second-order valence-corrected chi connectivity index (χ2v) is 14.7. The maximum Gasteiger partial charge on any atom is 0.192 e. The lowest BCUT2D eigenvalue weighted by Gasteiger charge is -2.41. The highest BCUT2D eigenvalue weighted by Gasteiger charge is 2.41. The molecule has 176 valence electrons. The molecule has 0 amide bonds. The first-order valence-corrected chi connectivity index (χ1v) is 14.2. The van der Waals surface area contributed by atoms with Crippen molar-refractivity contribution in [3.8, 4) is 0 Å². The molecular formula is C26H44O4Si. The third-order valence-electron chi connectivity index (χ3n) is 5.86. The molecule has 5 heteroatoms. The quantitative estimate of drug-likeness (QED) is 0.254. The summed E-state index contributed by atoms with van der Waals surface area (Å²) in [5, 5.41) is 10.3. The zero-order valence-electron chi connectivity index (χ0n) is 20.5. The lowest BCUT2D eigenvalue weighted by Crippen LogP contribution is -2.49. The van der Waals surface area contributed by atoms with E-state index >= 15 is 0 Å². The van der Waals surface area contributed by atoms with Crippen molar-refractivity contribution >= 4 is 8.32 Å². The molecule has 0 saturated heterocycles. The molecule has 0 aliphatic rings. The summed E-state index contributed by atoms with van der Waals surface area (Å²) in [5.41, 5.74) is 2.15. The van der Waals surface area contributed by atoms with Crippen LogP contribution in [0, 0.1) is 0 Å². The van der Waals surface area contributed by atoms with Gasteiger partial charge in [-0.15, -0.1) is 13.2 Å². The Kier molecular flexibility index (Phi) is 12.0. The fourth-order valence-electron chi connectivity index (χ4n) is 3.07. The highest BCUT2D eigenvalue weighted by atomic mass is 28.4. The van der Waals surface area contributed by atoms with Crippen molar-refractivity contribution in [2.45, 2.75) is 90.0 Å². The predicted octanol–water partition coefficient (Wildman–Crippen LogP) is 6.27. The van der Waals surface area contributed by atoms with Crippen LogP contribution >= 0.6 is 0 Å². The van der Waals surface area contributed by atoms with Crippen molar-refractivity contribution in [3.05, 3.63) is 60.7 Å². The Hall–Kier alpha value is -1.24. The molecule has 0 bridgehead atoms. The van der Waals surface area contributed by atoms with E-state index in [9.17, 15) is 5.11 Å². The number of ether oxygens (including phenoxy) is 2. The van der Waals surface area contributed by atoms with Crippen LogP contribution in [0.4, 0.5) is 0 Å². The smallest absolute Gasteiger partial charge is 0.192 e. The lowest BCUT2D eigenvalue weighted by atomic mass is 10.1. The Balaban J connectivity index is 2.88. The Morgan fingerprint density at radius 3 is 2.32 bits per heavy atom. The normalized spacial score (nSPS) is 15.3. The summed E-state index contributed by atoms with van der Waals surface area (Å²) in [7, 11) is -2.02. The highest BCUT2D eigenvalue weighted by Crippen LogP contribution is 2.38. The first-order chi connectivity index (χ1) is 14.5. The Morgan fingerprint density at radius 2 is 1.81 bits per heavy atom.